The summed E-state index contributed by atoms with van der Waals surface area (Å²) >= 11 is 1.56. The first-order chi connectivity index (χ1) is 12.7. The number of methoxy groups -OCH3 is 2. The van der Waals surface area contributed by atoms with Crippen molar-refractivity contribution >= 4 is 17.4 Å². The van der Waals surface area contributed by atoms with Gasteiger partial charge >= 0.3 is 6.03 Å². The summed E-state index contributed by atoms with van der Waals surface area (Å²) < 4.78 is 16.0. The van der Waals surface area contributed by atoms with Crippen molar-refractivity contribution in [3.8, 4) is 11.5 Å². The van der Waals surface area contributed by atoms with Gasteiger partial charge in [0.25, 0.3) is 0 Å². The number of carbonyl (C=O) groups excluding carboxylic acids is 1. The quantitative estimate of drug-likeness (QED) is 0.589. The summed E-state index contributed by atoms with van der Waals surface area (Å²) in [6.45, 7) is 0.822. The first-order valence-electron chi connectivity index (χ1n) is 8.15. The number of benzene rings is 1. The average Bonchev–Trinajstić information content (AvgIpc) is 3.20. The Kier molecular flexibility index (Phi) is 8.20. The molecule has 1 atom stereocenters. The van der Waals surface area contributed by atoms with Gasteiger partial charge in [0.15, 0.2) is 11.5 Å². The molecule has 2 rings (SSSR count). The Bertz CT molecular complexity index is 678. The fourth-order valence-corrected chi connectivity index (χ4v) is 3.05. The first kappa shape index (κ1) is 20.0. The monoisotopic (exact) mass is 380 g/mol. The van der Waals surface area contributed by atoms with Crippen LogP contribution in [-0.4, -0.2) is 45.1 Å². The van der Waals surface area contributed by atoms with Gasteiger partial charge in [-0.1, -0.05) is 6.07 Å². The van der Waals surface area contributed by atoms with Gasteiger partial charge in [0.2, 0.25) is 0 Å². The number of aliphatic hydroxyl groups is 1. The minimum atomic E-state index is -0.299. The number of carbonyl (C=O) groups is 1. The average molecular weight is 380 g/mol. The summed E-state index contributed by atoms with van der Waals surface area (Å²) in [4.78, 5) is 12.1. The number of nitrogens with one attached hydrogen (secondary N) is 2. The smallest absolute Gasteiger partial charge is 0.315 e. The van der Waals surface area contributed by atoms with E-state index in [4.69, 9.17) is 19.3 Å². The molecule has 1 aromatic carbocycles. The largest absolute Gasteiger partial charge is 0.493 e. The van der Waals surface area contributed by atoms with Crippen LogP contribution in [0.25, 0.3) is 0 Å². The Balaban J connectivity index is 1.84. The van der Waals surface area contributed by atoms with Crippen LogP contribution in [0.5, 0.6) is 11.5 Å². The number of aliphatic hydroxyl groups excluding tert-OH is 1. The molecule has 0 saturated heterocycles. The summed E-state index contributed by atoms with van der Waals surface area (Å²) in [5.74, 6) is 1.25. The molecule has 26 heavy (non-hydrogen) atoms. The van der Waals surface area contributed by atoms with Gasteiger partial charge < -0.3 is 30.0 Å². The number of hydrogen-bond acceptors (Lipinski definition) is 6. The number of amides is 2. The van der Waals surface area contributed by atoms with Crippen molar-refractivity contribution in [1.29, 1.82) is 0 Å². The molecule has 0 aliphatic carbocycles. The third kappa shape index (κ3) is 5.91. The molecule has 0 spiro atoms. The van der Waals surface area contributed by atoms with Gasteiger partial charge in [0.05, 0.1) is 27.4 Å². The molecule has 0 saturated carbocycles. The van der Waals surface area contributed by atoms with E-state index in [9.17, 15) is 4.79 Å². The molecule has 8 heteroatoms. The molecule has 1 heterocycles. The van der Waals surface area contributed by atoms with E-state index in [0.29, 0.717) is 24.6 Å². The van der Waals surface area contributed by atoms with Crippen LogP contribution in [-0.2, 0) is 11.3 Å². The van der Waals surface area contributed by atoms with Gasteiger partial charge in [-0.2, -0.15) is 11.3 Å². The van der Waals surface area contributed by atoms with E-state index < -0.39 is 0 Å². The molecule has 1 aromatic heterocycles. The van der Waals surface area contributed by atoms with Crippen LogP contribution in [0.4, 0.5) is 4.79 Å². The van der Waals surface area contributed by atoms with Crippen LogP contribution in [0.15, 0.2) is 35.0 Å². The third-order valence-corrected chi connectivity index (χ3v) is 4.38. The molecule has 2 amide bonds. The maximum Gasteiger partial charge on any atom is 0.315 e. The second-order valence-corrected chi connectivity index (χ2v) is 6.17. The fraction of sp³-hybridized carbons (Fsp3) is 0.389. The van der Waals surface area contributed by atoms with E-state index >= 15 is 0 Å². The molecule has 0 bridgehead atoms. The molecule has 3 N–H and O–H groups in total. The van der Waals surface area contributed by atoms with Gasteiger partial charge in [0.1, 0.15) is 6.10 Å². The molecule has 0 aliphatic heterocycles. The zero-order valence-electron chi connectivity index (χ0n) is 14.9. The van der Waals surface area contributed by atoms with Crippen molar-refractivity contribution in [3.63, 3.8) is 0 Å². The standard InChI is InChI=1S/C18H24N2O5S/c1-23-15-4-3-13(9-16(15)24-2)10-19-18(22)20-11-17(25-7-6-21)14-5-8-26-12-14/h3-5,8-9,12,17,21H,6-7,10-11H2,1-2H3,(H2,19,20,22)/t17-/m1/s1. The third-order valence-electron chi connectivity index (χ3n) is 3.67. The van der Waals surface area contributed by atoms with Gasteiger partial charge in [-0.25, -0.2) is 4.79 Å². The van der Waals surface area contributed by atoms with Crippen molar-refractivity contribution in [2.45, 2.75) is 12.6 Å². The highest BCUT2D eigenvalue weighted by Crippen LogP contribution is 2.27. The van der Waals surface area contributed by atoms with Crippen LogP contribution in [0, 0.1) is 0 Å². The molecule has 0 unspecified atom stereocenters. The highest BCUT2D eigenvalue weighted by Gasteiger charge is 2.14. The molecule has 0 radical (unpaired) electrons. The second kappa shape index (κ2) is 10.6. The minimum Gasteiger partial charge on any atom is -0.493 e. The van der Waals surface area contributed by atoms with Crippen molar-refractivity contribution in [2.75, 3.05) is 34.0 Å². The Morgan fingerprint density at radius 2 is 2.00 bits per heavy atom. The molecule has 2 aromatic rings. The fourth-order valence-electron chi connectivity index (χ4n) is 2.35. The van der Waals surface area contributed by atoms with Crippen LogP contribution >= 0.6 is 11.3 Å². The van der Waals surface area contributed by atoms with Crippen LogP contribution in [0.1, 0.15) is 17.2 Å². The molecular formula is C18H24N2O5S. The lowest BCUT2D eigenvalue weighted by Gasteiger charge is -2.17. The number of rotatable bonds is 10. The van der Waals surface area contributed by atoms with Crippen molar-refractivity contribution in [3.05, 3.63) is 46.2 Å². The second-order valence-electron chi connectivity index (χ2n) is 5.39. The summed E-state index contributed by atoms with van der Waals surface area (Å²) in [5.41, 5.74) is 1.87. The van der Waals surface area contributed by atoms with E-state index in [1.54, 1.807) is 31.6 Å². The number of ether oxygens (including phenoxy) is 3. The maximum absolute atomic E-state index is 12.1. The van der Waals surface area contributed by atoms with Crippen molar-refractivity contribution in [2.24, 2.45) is 0 Å². The number of thiophene rings is 1. The topological polar surface area (TPSA) is 89.1 Å². The van der Waals surface area contributed by atoms with E-state index in [0.717, 1.165) is 11.1 Å². The zero-order chi connectivity index (χ0) is 18.8. The Morgan fingerprint density at radius 3 is 2.65 bits per heavy atom. The normalized spacial score (nSPS) is 11.7. The Hall–Kier alpha value is -2.29. The molecule has 0 fully saturated rings. The number of hydrogen-bond donors (Lipinski definition) is 3. The van der Waals surface area contributed by atoms with Crippen LogP contribution < -0.4 is 20.1 Å². The lowest BCUT2D eigenvalue weighted by atomic mass is 10.2. The predicted molar refractivity (Wildman–Crippen MR) is 99.9 cm³/mol. The highest BCUT2D eigenvalue weighted by atomic mass is 32.1. The lowest BCUT2D eigenvalue weighted by molar-refractivity contribution is 0.0297. The zero-order valence-corrected chi connectivity index (χ0v) is 15.7. The van der Waals surface area contributed by atoms with Gasteiger partial charge in [0, 0.05) is 13.1 Å². The maximum atomic E-state index is 12.1. The van der Waals surface area contributed by atoms with E-state index in [2.05, 4.69) is 10.6 Å². The van der Waals surface area contributed by atoms with Crippen molar-refractivity contribution < 1.29 is 24.1 Å². The molecule has 142 valence electrons. The first-order valence-corrected chi connectivity index (χ1v) is 9.09. The number of urea groups is 1. The van der Waals surface area contributed by atoms with Crippen LogP contribution in [0.2, 0.25) is 0 Å². The molecular weight excluding hydrogens is 356 g/mol. The highest BCUT2D eigenvalue weighted by molar-refractivity contribution is 7.07. The summed E-state index contributed by atoms with van der Waals surface area (Å²) in [6, 6.07) is 7.11. The van der Waals surface area contributed by atoms with Gasteiger partial charge in [-0.15, -0.1) is 0 Å². The van der Waals surface area contributed by atoms with E-state index in [-0.39, 0.29) is 25.3 Å². The summed E-state index contributed by atoms with van der Waals surface area (Å²) in [5, 5.41) is 18.4. The van der Waals surface area contributed by atoms with Crippen LogP contribution in [0.3, 0.4) is 0 Å². The summed E-state index contributed by atoms with van der Waals surface area (Å²) in [7, 11) is 3.14. The lowest BCUT2D eigenvalue weighted by Crippen LogP contribution is -2.38. The molecule has 7 nitrogen and oxygen atoms in total. The van der Waals surface area contributed by atoms with Crippen molar-refractivity contribution in [1.82, 2.24) is 10.6 Å². The van der Waals surface area contributed by atoms with E-state index in [1.807, 2.05) is 29.0 Å². The van der Waals surface area contributed by atoms with Gasteiger partial charge in [-0.3, -0.25) is 0 Å². The Morgan fingerprint density at radius 1 is 1.19 bits per heavy atom. The van der Waals surface area contributed by atoms with E-state index in [1.165, 1.54) is 0 Å². The predicted octanol–water partition coefficient (Wildman–Crippen LogP) is 2.31. The minimum absolute atomic E-state index is 0.0634. The van der Waals surface area contributed by atoms with Gasteiger partial charge in [-0.05, 0) is 40.1 Å². The summed E-state index contributed by atoms with van der Waals surface area (Å²) in [6.07, 6.45) is -0.291. The Labute approximate surface area is 156 Å². The SMILES string of the molecule is COc1ccc(CNC(=O)NC[C@@H](OCCO)c2ccsc2)cc1OC. The molecule has 0 aliphatic rings.